The van der Waals surface area contributed by atoms with Crippen molar-refractivity contribution >= 4 is 23.3 Å². The van der Waals surface area contributed by atoms with Crippen molar-refractivity contribution < 1.29 is 14.3 Å². The van der Waals surface area contributed by atoms with Crippen LogP contribution in [-0.2, 0) is 14.3 Å². The van der Waals surface area contributed by atoms with E-state index in [-0.39, 0.29) is 6.42 Å². The summed E-state index contributed by atoms with van der Waals surface area (Å²) in [6, 6.07) is 5.30. The average Bonchev–Trinajstić information content (AvgIpc) is 2.71. The molecule has 0 radical (unpaired) electrons. The van der Waals surface area contributed by atoms with Crippen LogP contribution in [0.25, 0.3) is 0 Å². The summed E-state index contributed by atoms with van der Waals surface area (Å²) in [7, 11) is 0. The van der Waals surface area contributed by atoms with E-state index in [0.29, 0.717) is 4.88 Å². The number of ether oxygens (including phenoxy) is 1. The van der Waals surface area contributed by atoms with E-state index in [0.717, 1.165) is 4.88 Å². The average molecular weight is 207 g/mol. The lowest BCUT2D eigenvalue weighted by Gasteiger charge is -1.97. The van der Waals surface area contributed by atoms with Crippen LogP contribution >= 0.6 is 11.3 Å². The molecule has 1 fully saturated rings. The lowest BCUT2D eigenvalue weighted by atomic mass is 10.1. The van der Waals surface area contributed by atoms with Crippen LogP contribution in [0, 0.1) is 11.3 Å². The molecule has 0 aromatic carbocycles. The molecule has 1 aromatic rings. The van der Waals surface area contributed by atoms with Gasteiger partial charge in [-0.15, -0.1) is 11.3 Å². The minimum atomic E-state index is -0.513. The summed E-state index contributed by atoms with van der Waals surface area (Å²) < 4.78 is 4.42. The molecule has 2 heterocycles. The molecule has 2 rings (SSSR count). The van der Waals surface area contributed by atoms with E-state index in [1.807, 2.05) is 6.07 Å². The number of hydrogen-bond acceptors (Lipinski definition) is 5. The summed E-state index contributed by atoms with van der Waals surface area (Å²) in [4.78, 5) is 23.2. The standard InChI is InChI=1S/C9H5NO3S/c10-4-5-1-2-7(14-5)6-3-8(11)13-9(6)12/h1-2,6H,3H2. The number of carbonyl (C=O) groups is 2. The molecule has 1 unspecified atom stereocenters. The Hall–Kier alpha value is -1.67. The lowest BCUT2D eigenvalue weighted by Crippen LogP contribution is -2.03. The molecule has 0 saturated carbocycles. The minimum absolute atomic E-state index is 0.0875. The Labute approximate surface area is 83.7 Å². The number of esters is 2. The van der Waals surface area contributed by atoms with Crippen molar-refractivity contribution in [3.8, 4) is 6.07 Å². The maximum absolute atomic E-state index is 11.2. The molecule has 1 saturated heterocycles. The second-order valence-corrected chi connectivity index (χ2v) is 3.98. The molecule has 1 aromatic heterocycles. The first kappa shape index (κ1) is 8.91. The van der Waals surface area contributed by atoms with Gasteiger partial charge in [-0.2, -0.15) is 5.26 Å². The van der Waals surface area contributed by atoms with E-state index in [1.165, 1.54) is 11.3 Å². The summed E-state index contributed by atoms with van der Waals surface area (Å²) in [5.74, 6) is -1.51. The molecule has 4 nitrogen and oxygen atoms in total. The quantitative estimate of drug-likeness (QED) is 0.512. The Morgan fingerprint density at radius 3 is 2.79 bits per heavy atom. The summed E-state index contributed by atoms with van der Waals surface area (Å²) in [6.45, 7) is 0. The van der Waals surface area contributed by atoms with Crippen molar-refractivity contribution in [2.75, 3.05) is 0 Å². The molecule has 0 N–H and O–H groups in total. The van der Waals surface area contributed by atoms with Gasteiger partial charge in [-0.05, 0) is 12.1 Å². The normalized spacial score (nSPS) is 20.6. The van der Waals surface area contributed by atoms with Gasteiger partial charge in [0.05, 0.1) is 6.42 Å². The highest BCUT2D eigenvalue weighted by atomic mass is 32.1. The van der Waals surface area contributed by atoms with Crippen LogP contribution in [0.1, 0.15) is 22.1 Å². The summed E-state index contributed by atoms with van der Waals surface area (Å²) >= 11 is 1.22. The molecule has 1 atom stereocenters. The topological polar surface area (TPSA) is 67.2 Å². The van der Waals surface area contributed by atoms with E-state index in [2.05, 4.69) is 4.74 Å². The number of nitrogens with zero attached hydrogens (tertiary/aromatic N) is 1. The number of nitriles is 1. The van der Waals surface area contributed by atoms with Crippen molar-refractivity contribution in [1.29, 1.82) is 5.26 Å². The highest BCUT2D eigenvalue weighted by Crippen LogP contribution is 2.32. The van der Waals surface area contributed by atoms with Gasteiger partial charge in [-0.1, -0.05) is 0 Å². The third kappa shape index (κ3) is 1.40. The minimum Gasteiger partial charge on any atom is -0.393 e. The van der Waals surface area contributed by atoms with Crippen molar-refractivity contribution in [2.24, 2.45) is 0 Å². The highest BCUT2D eigenvalue weighted by Gasteiger charge is 2.35. The molecule has 14 heavy (non-hydrogen) atoms. The maximum atomic E-state index is 11.2. The van der Waals surface area contributed by atoms with Crippen molar-refractivity contribution in [2.45, 2.75) is 12.3 Å². The van der Waals surface area contributed by atoms with Crippen LogP contribution in [0.3, 0.4) is 0 Å². The van der Waals surface area contributed by atoms with Crippen molar-refractivity contribution in [3.05, 3.63) is 21.9 Å². The molecule has 1 aliphatic rings. The van der Waals surface area contributed by atoms with Gasteiger partial charge in [0.1, 0.15) is 16.9 Å². The second-order valence-electron chi connectivity index (χ2n) is 2.86. The Bertz CT molecular complexity index is 443. The Balaban J connectivity index is 2.28. The molecule has 0 aliphatic carbocycles. The summed E-state index contributed by atoms with van der Waals surface area (Å²) in [5.41, 5.74) is 0. The molecule has 5 heteroatoms. The van der Waals surface area contributed by atoms with Gasteiger partial charge in [0.15, 0.2) is 0 Å². The van der Waals surface area contributed by atoms with Crippen LogP contribution < -0.4 is 0 Å². The van der Waals surface area contributed by atoms with E-state index in [9.17, 15) is 9.59 Å². The number of cyclic esters (lactones) is 2. The van der Waals surface area contributed by atoms with Gasteiger partial charge in [0, 0.05) is 4.88 Å². The fourth-order valence-corrected chi connectivity index (χ4v) is 2.19. The zero-order valence-corrected chi connectivity index (χ0v) is 7.84. The van der Waals surface area contributed by atoms with Crippen LogP contribution in [-0.4, -0.2) is 11.9 Å². The predicted octanol–water partition coefficient (Wildman–Crippen LogP) is 1.18. The molecule has 0 bridgehead atoms. The van der Waals surface area contributed by atoms with Crippen molar-refractivity contribution in [3.63, 3.8) is 0 Å². The van der Waals surface area contributed by atoms with Crippen LogP contribution in [0.15, 0.2) is 12.1 Å². The Morgan fingerprint density at radius 1 is 1.50 bits per heavy atom. The van der Waals surface area contributed by atoms with Gasteiger partial charge in [0.2, 0.25) is 0 Å². The second kappa shape index (κ2) is 3.24. The van der Waals surface area contributed by atoms with Gasteiger partial charge >= 0.3 is 11.9 Å². The monoisotopic (exact) mass is 207 g/mol. The third-order valence-electron chi connectivity index (χ3n) is 1.95. The SMILES string of the molecule is N#Cc1ccc(C2CC(=O)OC2=O)s1. The van der Waals surface area contributed by atoms with Crippen LogP contribution in [0.5, 0.6) is 0 Å². The van der Waals surface area contributed by atoms with Gasteiger partial charge in [-0.25, -0.2) is 0 Å². The first-order chi connectivity index (χ1) is 6.70. The first-order valence-corrected chi connectivity index (χ1v) is 4.76. The van der Waals surface area contributed by atoms with Gasteiger partial charge in [-0.3, -0.25) is 9.59 Å². The zero-order chi connectivity index (χ0) is 10.1. The molecular formula is C9H5NO3S. The molecular weight excluding hydrogens is 202 g/mol. The number of rotatable bonds is 1. The third-order valence-corrected chi connectivity index (χ3v) is 3.05. The Morgan fingerprint density at radius 2 is 2.29 bits per heavy atom. The molecule has 70 valence electrons. The van der Waals surface area contributed by atoms with Gasteiger partial charge < -0.3 is 4.74 Å². The van der Waals surface area contributed by atoms with Crippen molar-refractivity contribution in [1.82, 2.24) is 0 Å². The van der Waals surface area contributed by atoms with E-state index < -0.39 is 17.9 Å². The predicted molar refractivity (Wildman–Crippen MR) is 47.5 cm³/mol. The van der Waals surface area contributed by atoms with Crippen LogP contribution in [0.2, 0.25) is 0 Å². The lowest BCUT2D eigenvalue weighted by molar-refractivity contribution is -0.152. The summed E-state index contributed by atoms with van der Waals surface area (Å²) in [5, 5.41) is 8.59. The number of thiophene rings is 1. The van der Waals surface area contributed by atoms with Gasteiger partial charge in [0.25, 0.3) is 0 Å². The number of carbonyl (C=O) groups excluding carboxylic acids is 2. The first-order valence-electron chi connectivity index (χ1n) is 3.95. The van der Waals surface area contributed by atoms with E-state index >= 15 is 0 Å². The summed E-state index contributed by atoms with van der Waals surface area (Å²) in [6.07, 6.45) is 0.0875. The Kier molecular flexibility index (Phi) is 2.06. The van der Waals surface area contributed by atoms with Crippen LogP contribution in [0.4, 0.5) is 0 Å². The fourth-order valence-electron chi connectivity index (χ4n) is 1.29. The van der Waals surface area contributed by atoms with E-state index in [1.54, 1.807) is 12.1 Å². The highest BCUT2D eigenvalue weighted by molar-refractivity contribution is 7.12. The largest absolute Gasteiger partial charge is 0.393 e. The number of hydrogen-bond donors (Lipinski definition) is 0. The fraction of sp³-hybridized carbons (Fsp3) is 0.222. The zero-order valence-electron chi connectivity index (χ0n) is 7.02. The maximum Gasteiger partial charge on any atom is 0.322 e. The molecule has 0 spiro atoms. The molecule has 1 aliphatic heterocycles. The smallest absolute Gasteiger partial charge is 0.322 e. The van der Waals surface area contributed by atoms with E-state index in [4.69, 9.17) is 5.26 Å². The molecule has 0 amide bonds.